The summed E-state index contributed by atoms with van der Waals surface area (Å²) in [5.74, 6) is -0.529. The molecule has 0 bridgehead atoms. The number of hydrogen-bond acceptors (Lipinski definition) is 4. The van der Waals surface area contributed by atoms with Crippen LogP contribution in [0.2, 0.25) is 0 Å². The second kappa shape index (κ2) is 7.28. The molecule has 0 fully saturated rings. The van der Waals surface area contributed by atoms with Gasteiger partial charge in [-0.05, 0) is 37.3 Å². The van der Waals surface area contributed by atoms with Gasteiger partial charge < -0.3 is 0 Å². The number of hydrogen-bond donors (Lipinski definition) is 0. The zero-order chi connectivity index (χ0) is 21.8. The first-order valence-corrected chi connectivity index (χ1v) is 11.9. The molecule has 1 amide bonds. The summed E-state index contributed by atoms with van der Waals surface area (Å²) in [7, 11) is -4.01. The van der Waals surface area contributed by atoms with Gasteiger partial charge in [0.2, 0.25) is 0 Å². The molecule has 0 spiro atoms. The van der Waals surface area contributed by atoms with Crippen molar-refractivity contribution in [3.8, 4) is 11.3 Å². The lowest BCUT2D eigenvalue weighted by Gasteiger charge is -2.16. The van der Waals surface area contributed by atoms with Crippen molar-refractivity contribution in [2.24, 2.45) is 0 Å². The van der Waals surface area contributed by atoms with Gasteiger partial charge in [0, 0.05) is 21.0 Å². The highest BCUT2D eigenvalue weighted by Crippen LogP contribution is 2.39. The topological polar surface area (TPSA) is 67.3 Å². The zero-order valence-electron chi connectivity index (χ0n) is 16.5. The van der Waals surface area contributed by atoms with E-state index in [4.69, 9.17) is 4.98 Å². The number of sulfonamides is 1. The highest BCUT2D eigenvalue weighted by Gasteiger charge is 2.40. The van der Waals surface area contributed by atoms with Gasteiger partial charge in [0.1, 0.15) is 0 Å². The van der Waals surface area contributed by atoms with Crippen LogP contribution in [-0.4, -0.2) is 23.6 Å². The van der Waals surface area contributed by atoms with E-state index in [-0.39, 0.29) is 11.4 Å². The van der Waals surface area contributed by atoms with Crippen molar-refractivity contribution in [2.45, 2.75) is 18.4 Å². The minimum absolute atomic E-state index is 0.0515. The first-order valence-electron chi connectivity index (χ1n) is 9.67. The number of halogens is 1. The van der Waals surface area contributed by atoms with Gasteiger partial charge in [-0.25, -0.2) is 17.7 Å². The van der Waals surface area contributed by atoms with Crippen LogP contribution in [0.1, 0.15) is 21.5 Å². The Bertz CT molecular complexity index is 1450. The van der Waals surface area contributed by atoms with Crippen molar-refractivity contribution >= 4 is 42.8 Å². The normalized spacial score (nSPS) is 13.6. The Kier molecular flexibility index (Phi) is 4.68. The molecule has 0 unspecified atom stereocenters. The molecule has 0 saturated carbocycles. The Morgan fingerprint density at radius 3 is 2.39 bits per heavy atom. The summed E-state index contributed by atoms with van der Waals surface area (Å²) in [6.45, 7) is 1.83. The van der Waals surface area contributed by atoms with Crippen molar-refractivity contribution in [3.63, 3.8) is 0 Å². The number of rotatable bonds is 3. The van der Waals surface area contributed by atoms with Crippen LogP contribution in [0.4, 0.5) is 0 Å². The Morgan fingerprint density at radius 2 is 1.68 bits per heavy atom. The average Bonchev–Trinajstić information content (AvgIpc) is 3.12. The fraction of sp³-hybridized carbons (Fsp3) is 0.0833. The molecule has 7 heteroatoms. The Balaban J connectivity index is 1.74. The summed E-state index contributed by atoms with van der Waals surface area (Å²) in [6.07, 6.45) is 0. The molecule has 2 heterocycles. The van der Waals surface area contributed by atoms with Crippen LogP contribution >= 0.6 is 15.9 Å². The molecule has 1 aliphatic rings. The number of pyridine rings is 1. The molecule has 0 aliphatic carbocycles. The van der Waals surface area contributed by atoms with E-state index < -0.39 is 15.9 Å². The predicted octanol–water partition coefficient (Wildman–Crippen LogP) is 5.32. The average molecular weight is 493 g/mol. The van der Waals surface area contributed by atoms with Gasteiger partial charge in [0.15, 0.2) is 0 Å². The number of carbonyl (C=O) groups excluding carboxylic acids is 1. The number of amides is 1. The third kappa shape index (κ3) is 3.25. The maximum Gasteiger partial charge on any atom is 0.269 e. The van der Waals surface area contributed by atoms with E-state index in [1.165, 1.54) is 12.1 Å². The van der Waals surface area contributed by atoms with Gasteiger partial charge in [-0.15, -0.1) is 0 Å². The molecule has 0 N–H and O–H groups in total. The van der Waals surface area contributed by atoms with E-state index in [0.717, 1.165) is 19.9 Å². The lowest BCUT2D eigenvalue weighted by atomic mass is 9.99. The molecule has 1 aliphatic heterocycles. The lowest BCUT2D eigenvalue weighted by Crippen LogP contribution is -2.31. The largest absolute Gasteiger partial charge is 0.269 e. The lowest BCUT2D eigenvalue weighted by molar-refractivity contribution is 0.0880. The van der Waals surface area contributed by atoms with Gasteiger partial charge in [0.25, 0.3) is 15.9 Å². The first-order chi connectivity index (χ1) is 14.9. The number of benzene rings is 3. The van der Waals surface area contributed by atoms with Crippen molar-refractivity contribution in [3.05, 3.63) is 94.0 Å². The summed E-state index contributed by atoms with van der Waals surface area (Å²) in [6, 6.07) is 21.5. The van der Waals surface area contributed by atoms with E-state index in [0.29, 0.717) is 27.7 Å². The molecular formula is C24H17BrN2O3S. The van der Waals surface area contributed by atoms with E-state index in [9.17, 15) is 13.2 Å². The third-order valence-corrected chi connectivity index (χ3v) is 7.68. The second-order valence-corrected chi connectivity index (χ2v) is 10.2. The van der Waals surface area contributed by atoms with Crippen molar-refractivity contribution < 1.29 is 13.2 Å². The molecule has 0 radical (unpaired) electrons. The van der Waals surface area contributed by atoms with E-state index in [1.807, 2.05) is 55.5 Å². The summed E-state index contributed by atoms with van der Waals surface area (Å²) in [4.78, 5) is 18.4. The third-order valence-electron chi connectivity index (χ3n) is 5.45. The molecule has 0 atom stereocenters. The van der Waals surface area contributed by atoms with Crippen molar-refractivity contribution in [1.82, 2.24) is 9.29 Å². The van der Waals surface area contributed by atoms with Crippen LogP contribution in [0.25, 0.3) is 22.2 Å². The van der Waals surface area contributed by atoms with Crippen molar-refractivity contribution in [2.75, 3.05) is 0 Å². The standard InChI is InChI=1S/C24H17BrN2O3S/c1-15-7-10-18(11-8-15)31(29,30)27-14-20-22(24(27)28)19-13-17(25)9-12-21(19)26-23(20)16-5-3-2-4-6-16/h2-13H,14H2,1H3. The van der Waals surface area contributed by atoms with E-state index in [1.54, 1.807) is 12.1 Å². The van der Waals surface area contributed by atoms with Gasteiger partial charge in [-0.2, -0.15) is 0 Å². The smallest absolute Gasteiger partial charge is 0.268 e. The van der Waals surface area contributed by atoms with Crippen LogP contribution in [0.5, 0.6) is 0 Å². The van der Waals surface area contributed by atoms with Gasteiger partial charge in [-0.1, -0.05) is 64.0 Å². The molecule has 3 aromatic carbocycles. The Morgan fingerprint density at radius 1 is 0.968 bits per heavy atom. The van der Waals surface area contributed by atoms with Gasteiger partial charge in [0.05, 0.1) is 28.2 Å². The minimum atomic E-state index is -4.01. The fourth-order valence-corrected chi connectivity index (χ4v) is 5.58. The monoisotopic (exact) mass is 492 g/mol. The van der Waals surface area contributed by atoms with Crippen LogP contribution in [0, 0.1) is 6.92 Å². The summed E-state index contributed by atoms with van der Waals surface area (Å²) < 4.78 is 28.5. The quantitative estimate of drug-likeness (QED) is 0.388. The molecule has 5 nitrogen and oxygen atoms in total. The molecule has 0 saturated heterocycles. The molecule has 1 aromatic heterocycles. The summed E-state index contributed by atoms with van der Waals surface area (Å²) in [5, 5.41) is 0.635. The molecule has 31 heavy (non-hydrogen) atoms. The number of fused-ring (bicyclic) bond motifs is 3. The van der Waals surface area contributed by atoms with E-state index >= 15 is 0 Å². The van der Waals surface area contributed by atoms with Crippen LogP contribution in [0.15, 0.2) is 82.2 Å². The fourth-order valence-electron chi connectivity index (χ4n) is 3.88. The minimum Gasteiger partial charge on any atom is -0.268 e. The second-order valence-electron chi connectivity index (χ2n) is 7.47. The van der Waals surface area contributed by atoms with Gasteiger partial charge in [-0.3, -0.25) is 4.79 Å². The van der Waals surface area contributed by atoms with E-state index in [2.05, 4.69) is 15.9 Å². The first kappa shape index (κ1) is 19.9. The highest BCUT2D eigenvalue weighted by atomic mass is 79.9. The number of nitrogens with zero attached hydrogens (tertiary/aromatic N) is 2. The SMILES string of the molecule is Cc1ccc(S(=O)(=O)N2Cc3c(-c4ccccc4)nc4ccc(Br)cc4c3C2=O)cc1. The Hall–Kier alpha value is -3.03. The van der Waals surface area contributed by atoms with Crippen molar-refractivity contribution in [1.29, 1.82) is 0 Å². The molecule has 4 aromatic rings. The zero-order valence-corrected chi connectivity index (χ0v) is 18.9. The highest BCUT2D eigenvalue weighted by molar-refractivity contribution is 9.10. The van der Waals surface area contributed by atoms with Crippen LogP contribution in [0.3, 0.4) is 0 Å². The maximum absolute atomic E-state index is 13.5. The van der Waals surface area contributed by atoms with Crippen LogP contribution < -0.4 is 0 Å². The predicted molar refractivity (Wildman–Crippen MR) is 123 cm³/mol. The molecule has 5 rings (SSSR count). The number of aryl methyl sites for hydroxylation is 1. The number of aromatic nitrogens is 1. The molecule has 154 valence electrons. The summed E-state index contributed by atoms with van der Waals surface area (Å²) >= 11 is 3.45. The van der Waals surface area contributed by atoms with Crippen LogP contribution in [-0.2, 0) is 16.6 Å². The maximum atomic E-state index is 13.5. The number of carbonyl (C=O) groups is 1. The Labute approximate surface area is 188 Å². The summed E-state index contributed by atoms with van der Waals surface area (Å²) in [5.41, 5.74) is 4.06. The van der Waals surface area contributed by atoms with Gasteiger partial charge >= 0.3 is 0 Å². The molecular weight excluding hydrogens is 476 g/mol.